The molecule has 106 valence electrons. The highest BCUT2D eigenvalue weighted by Gasteiger charge is 2.13. The standard InChI is InChI=1S/C13H15IN4O2/c14-10-3-5-12(6-4-10)18(13(15)19)20-7-1-2-11-8-16-9-17-11/h3-6,8-9H,1-2,7H2,(H2,15,19)(H,16,17). The summed E-state index contributed by atoms with van der Waals surface area (Å²) >= 11 is 2.19. The topological polar surface area (TPSA) is 84.2 Å². The predicted molar refractivity (Wildman–Crippen MR) is 84.1 cm³/mol. The van der Waals surface area contributed by atoms with Crippen LogP contribution in [-0.4, -0.2) is 22.6 Å². The van der Waals surface area contributed by atoms with Gasteiger partial charge in [0.15, 0.2) is 0 Å². The van der Waals surface area contributed by atoms with Gasteiger partial charge in [-0.05, 0) is 59.7 Å². The number of nitrogens with zero attached hydrogens (tertiary/aromatic N) is 2. The third kappa shape index (κ3) is 4.20. The van der Waals surface area contributed by atoms with Crippen molar-refractivity contribution >= 4 is 34.3 Å². The molecule has 1 aromatic carbocycles. The highest BCUT2D eigenvalue weighted by molar-refractivity contribution is 14.1. The van der Waals surface area contributed by atoms with Crippen molar-refractivity contribution in [3.05, 3.63) is 46.1 Å². The quantitative estimate of drug-likeness (QED) is 0.455. The number of anilines is 1. The second-order valence-corrected chi connectivity index (χ2v) is 5.35. The minimum atomic E-state index is -0.633. The SMILES string of the molecule is NC(=O)N(OCCCc1c[nH]cn1)c1ccc(I)cc1. The summed E-state index contributed by atoms with van der Waals surface area (Å²) < 4.78 is 1.08. The molecule has 0 bridgehead atoms. The number of aromatic amines is 1. The van der Waals surface area contributed by atoms with Gasteiger partial charge in [0.05, 0.1) is 24.3 Å². The van der Waals surface area contributed by atoms with E-state index in [2.05, 4.69) is 32.6 Å². The summed E-state index contributed by atoms with van der Waals surface area (Å²) in [7, 11) is 0. The zero-order valence-electron chi connectivity index (χ0n) is 10.8. The van der Waals surface area contributed by atoms with Crippen LogP contribution in [0.4, 0.5) is 10.5 Å². The Balaban J connectivity index is 1.86. The smallest absolute Gasteiger partial charge is 0.343 e. The number of H-pyrrole nitrogens is 1. The lowest BCUT2D eigenvalue weighted by molar-refractivity contribution is 0.118. The van der Waals surface area contributed by atoms with Crippen LogP contribution in [0.3, 0.4) is 0 Å². The summed E-state index contributed by atoms with van der Waals surface area (Å²) in [5.74, 6) is 0. The number of urea groups is 1. The van der Waals surface area contributed by atoms with Crippen molar-refractivity contribution in [2.24, 2.45) is 5.73 Å². The Kier molecular flexibility index (Phi) is 5.36. The number of aromatic nitrogens is 2. The molecule has 0 aliphatic heterocycles. The number of carbonyl (C=O) groups excluding carboxylic acids is 1. The van der Waals surface area contributed by atoms with Gasteiger partial charge < -0.3 is 10.7 Å². The highest BCUT2D eigenvalue weighted by atomic mass is 127. The van der Waals surface area contributed by atoms with Crippen LogP contribution < -0.4 is 10.8 Å². The Labute approximate surface area is 130 Å². The number of benzene rings is 1. The molecule has 0 saturated carbocycles. The first-order valence-electron chi connectivity index (χ1n) is 6.12. The number of hydroxylamine groups is 1. The van der Waals surface area contributed by atoms with Crippen molar-refractivity contribution in [1.82, 2.24) is 9.97 Å². The van der Waals surface area contributed by atoms with Gasteiger partial charge in [0, 0.05) is 9.77 Å². The van der Waals surface area contributed by atoms with Crippen LogP contribution in [-0.2, 0) is 11.3 Å². The Hall–Kier alpha value is -1.61. The van der Waals surface area contributed by atoms with Crippen molar-refractivity contribution in [3.63, 3.8) is 0 Å². The number of hydrogen-bond donors (Lipinski definition) is 2. The first kappa shape index (κ1) is 14.8. The van der Waals surface area contributed by atoms with Crippen molar-refractivity contribution in [1.29, 1.82) is 0 Å². The lowest BCUT2D eigenvalue weighted by Gasteiger charge is -2.19. The van der Waals surface area contributed by atoms with Crippen molar-refractivity contribution < 1.29 is 9.63 Å². The van der Waals surface area contributed by atoms with E-state index < -0.39 is 6.03 Å². The van der Waals surface area contributed by atoms with Gasteiger partial charge in [-0.3, -0.25) is 4.84 Å². The molecule has 6 nitrogen and oxygen atoms in total. The molecule has 20 heavy (non-hydrogen) atoms. The van der Waals surface area contributed by atoms with E-state index in [0.29, 0.717) is 12.3 Å². The van der Waals surface area contributed by atoms with Crippen molar-refractivity contribution in [3.8, 4) is 0 Å². The Bertz CT molecular complexity index is 542. The average Bonchev–Trinajstić information content (AvgIpc) is 2.93. The van der Waals surface area contributed by atoms with Crippen LogP contribution >= 0.6 is 22.6 Å². The molecule has 0 saturated heterocycles. The fourth-order valence-corrected chi connectivity index (χ4v) is 2.04. The molecule has 1 heterocycles. The molecule has 2 aromatic rings. The maximum Gasteiger partial charge on any atom is 0.343 e. The number of rotatable bonds is 6. The van der Waals surface area contributed by atoms with Crippen molar-refractivity contribution in [2.45, 2.75) is 12.8 Å². The number of amides is 2. The summed E-state index contributed by atoms with van der Waals surface area (Å²) in [5, 5.41) is 1.11. The number of hydrogen-bond acceptors (Lipinski definition) is 3. The molecule has 0 fully saturated rings. The van der Waals surface area contributed by atoms with E-state index in [9.17, 15) is 4.79 Å². The molecular formula is C13H15IN4O2. The van der Waals surface area contributed by atoms with Gasteiger partial charge in [-0.25, -0.2) is 9.78 Å². The van der Waals surface area contributed by atoms with E-state index in [-0.39, 0.29) is 0 Å². The van der Waals surface area contributed by atoms with Gasteiger partial charge in [-0.15, -0.1) is 0 Å². The largest absolute Gasteiger partial charge is 0.351 e. The molecule has 2 amide bonds. The van der Waals surface area contributed by atoms with Gasteiger partial charge in [0.2, 0.25) is 0 Å². The molecular weight excluding hydrogens is 371 g/mol. The molecule has 2 rings (SSSR count). The first-order valence-corrected chi connectivity index (χ1v) is 7.20. The Morgan fingerprint density at radius 3 is 2.75 bits per heavy atom. The molecule has 0 aliphatic carbocycles. The van der Waals surface area contributed by atoms with Gasteiger partial charge >= 0.3 is 6.03 Å². The van der Waals surface area contributed by atoms with Gasteiger partial charge in [0.25, 0.3) is 0 Å². The normalized spacial score (nSPS) is 10.4. The van der Waals surface area contributed by atoms with Gasteiger partial charge in [-0.2, -0.15) is 5.06 Å². The maximum absolute atomic E-state index is 11.4. The van der Waals surface area contributed by atoms with E-state index in [4.69, 9.17) is 10.6 Å². The summed E-state index contributed by atoms with van der Waals surface area (Å²) in [6.07, 6.45) is 5.00. The lowest BCUT2D eigenvalue weighted by atomic mass is 10.3. The summed E-state index contributed by atoms with van der Waals surface area (Å²) in [5.41, 5.74) is 6.92. The van der Waals surface area contributed by atoms with Crippen LogP contribution in [0.15, 0.2) is 36.8 Å². The number of carbonyl (C=O) groups is 1. The van der Waals surface area contributed by atoms with E-state index in [1.54, 1.807) is 18.5 Å². The fraction of sp³-hybridized carbons (Fsp3) is 0.231. The monoisotopic (exact) mass is 386 g/mol. The number of imidazole rings is 1. The minimum absolute atomic E-state index is 0.391. The van der Waals surface area contributed by atoms with Crippen LogP contribution in [0.2, 0.25) is 0 Å². The van der Waals surface area contributed by atoms with Crippen LogP contribution in [0.25, 0.3) is 0 Å². The van der Waals surface area contributed by atoms with Crippen molar-refractivity contribution in [2.75, 3.05) is 11.7 Å². The summed E-state index contributed by atoms with van der Waals surface area (Å²) in [6, 6.07) is 6.73. The van der Waals surface area contributed by atoms with Gasteiger partial charge in [-0.1, -0.05) is 0 Å². The number of nitrogens with one attached hydrogen (secondary N) is 1. The Morgan fingerprint density at radius 1 is 1.40 bits per heavy atom. The molecule has 1 aromatic heterocycles. The van der Waals surface area contributed by atoms with Crippen LogP contribution in [0.5, 0.6) is 0 Å². The van der Waals surface area contributed by atoms with E-state index >= 15 is 0 Å². The second-order valence-electron chi connectivity index (χ2n) is 4.11. The Morgan fingerprint density at radius 2 is 2.15 bits per heavy atom. The molecule has 0 atom stereocenters. The molecule has 0 aliphatic rings. The zero-order valence-corrected chi connectivity index (χ0v) is 12.9. The molecule has 3 N–H and O–H groups in total. The molecule has 0 spiro atoms. The fourth-order valence-electron chi connectivity index (χ4n) is 1.68. The third-order valence-corrected chi connectivity index (χ3v) is 3.33. The number of aryl methyl sites for hydroxylation is 1. The van der Waals surface area contributed by atoms with E-state index in [0.717, 1.165) is 27.2 Å². The minimum Gasteiger partial charge on any atom is -0.351 e. The molecule has 7 heteroatoms. The predicted octanol–water partition coefficient (Wildman–Crippen LogP) is 2.46. The van der Waals surface area contributed by atoms with E-state index in [1.165, 1.54) is 0 Å². The highest BCUT2D eigenvalue weighted by Crippen LogP contribution is 2.17. The summed E-state index contributed by atoms with van der Waals surface area (Å²) in [6.45, 7) is 0.391. The molecule has 0 unspecified atom stereocenters. The zero-order chi connectivity index (χ0) is 14.4. The number of primary amides is 1. The van der Waals surface area contributed by atoms with Gasteiger partial charge in [0.1, 0.15) is 0 Å². The lowest BCUT2D eigenvalue weighted by Crippen LogP contribution is -2.36. The van der Waals surface area contributed by atoms with Crippen LogP contribution in [0, 0.1) is 3.57 Å². The van der Waals surface area contributed by atoms with E-state index in [1.807, 2.05) is 18.3 Å². The summed E-state index contributed by atoms with van der Waals surface area (Å²) in [4.78, 5) is 23.9. The number of halogens is 1. The third-order valence-electron chi connectivity index (χ3n) is 2.61. The first-order chi connectivity index (χ1) is 9.66. The number of nitrogens with two attached hydrogens (primary N) is 1. The second kappa shape index (κ2) is 7.25. The average molecular weight is 386 g/mol. The molecule has 0 radical (unpaired) electrons. The van der Waals surface area contributed by atoms with Crippen LogP contribution in [0.1, 0.15) is 12.1 Å². The maximum atomic E-state index is 11.4.